The molecule has 6 nitrogen and oxygen atoms in total. The van der Waals surface area contributed by atoms with Gasteiger partial charge in [0.05, 0.1) is 18.9 Å². The minimum Gasteiger partial charge on any atom is -0.481 e. The largest absolute Gasteiger partial charge is 0.481 e. The van der Waals surface area contributed by atoms with Gasteiger partial charge in [-0.3, -0.25) is 9.59 Å². The van der Waals surface area contributed by atoms with Crippen LogP contribution in [0.3, 0.4) is 0 Å². The Labute approximate surface area is 186 Å². The summed E-state index contributed by atoms with van der Waals surface area (Å²) in [5.41, 5.74) is 3.13. The van der Waals surface area contributed by atoms with Crippen molar-refractivity contribution in [2.24, 2.45) is 11.8 Å². The number of carbonyl (C=O) groups is 3. The van der Waals surface area contributed by atoms with Crippen LogP contribution in [-0.4, -0.2) is 30.1 Å². The normalized spacial score (nSPS) is 18.6. The highest BCUT2D eigenvalue weighted by Crippen LogP contribution is 2.41. The fourth-order valence-corrected chi connectivity index (χ4v) is 5.32. The van der Waals surface area contributed by atoms with E-state index in [4.69, 9.17) is 4.74 Å². The standard InChI is InChI=1S/C24H29NO5S/c1-13(2)15-9-11-16(12-10-15)19-14(3)31-22(20(19)24(29)30-4)25-21(26)17-7-5-6-8-18(17)23(27)28/h9-13,17-18H,5-8H2,1-4H3,(H,25,26)(H,27,28)/t17-,18-/m0/s1. The molecule has 1 amide bonds. The monoisotopic (exact) mass is 443 g/mol. The van der Waals surface area contributed by atoms with Crippen LogP contribution in [0.1, 0.15) is 66.2 Å². The summed E-state index contributed by atoms with van der Waals surface area (Å²) >= 11 is 1.31. The Balaban J connectivity index is 1.97. The van der Waals surface area contributed by atoms with Crippen LogP contribution in [0.5, 0.6) is 0 Å². The summed E-state index contributed by atoms with van der Waals surface area (Å²) in [5, 5.41) is 12.8. The number of hydrogen-bond acceptors (Lipinski definition) is 5. The lowest BCUT2D eigenvalue weighted by atomic mass is 9.78. The molecule has 2 aromatic rings. The minimum absolute atomic E-state index is 0.318. The van der Waals surface area contributed by atoms with E-state index in [1.54, 1.807) is 0 Å². The third kappa shape index (κ3) is 4.82. The molecule has 3 rings (SSSR count). The average Bonchev–Trinajstić information content (AvgIpc) is 3.08. The number of ether oxygens (including phenoxy) is 1. The van der Waals surface area contributed by atoms with Crippen molar-refractivity contribution in [3.05, 3.63) is 40.3 Å². The number of hydrogen-bond donors (Lipinski definition) is 2. The van der Waals surface area contributed by atoms with Gasteiger partial charge in [-0.05, 0) is 36.8 Å². The molecule has 0 saturated heterocycles. The van der Waals surface area contributed by atoms with Crippen molar-refractivity contribution in [1.29, 1.82) is 0 Å². The molecule has 166 valence electrons. The van der Waals surface area contributed by atoms with E-state index in [9.17, 15) is 19.5 Å². The number of carbonyl (C=O) groups excluding carboxylic acids is 2. The number of anilines is 1. The summed E-state index contributed by atoms with van der Waals surface area (Å²) in [6.45, 7) is 6.14. The SMILES string of the molecule is COC(=O)c1c(NC(=O)[C@H]2CCCC[C@@H]2C(=O)O)sc(C)c1-c1ccc(C(C)C)cc1. The molecule has 7 heteroatoms. The minimum atomic E-state index is -0.943. The van der Waals surface area contributed by atoms with Gasteiger partial charge in [0.25, 0.3) is 0 Å². The first kappa shape index (κ1) is 23.0. The van der Waals surface area contributed by atoms with Gasteiger partial charge in [-0.2, -0.15) is 0 Å². The van der Waals surface area contributed by atoms with Gasteiger partial charge < -0.3 is 15.2 Å². The third-order valence-electron chi connectivity index (χ3n) is 6.00. The third-order valence-corrected chi connectivity index (χ3v) is 7.02. The summed E-state index contributed by atoms with van der Waals surface area (Å²) in [6.07, 6.45) is 2.66. The lowest BCUT2D eigenvalue weighted by molar-refractivity contribution is -0.147. The maximum Gasteiger partial charge on any atom is 0.341 e. The maximum absolute atomic E-state index is 13.0. The molecule has 0 bridgehead atoms. The van der Waals surface area contributed by atoms with Gasteiger partial charge in [0.15, 0.2) is 0 Å². The van der Waals surface area contributed by atoms with Gasteiger partial charge >= 0.3 is 11.9 Å². The van der Waals surface area contributed by atoms with Crippen molar-refractivity contribution < 1.29 is 24.2 Å². The lowest BCUT2D eigenvalue weighted by Gasteiger charge is -2.27. The summed E-state index contributed by atoms with van der Waals surface area (Å²) in [5.74, 6) is -2.72. The second kappa shape index (κ2) is 9.64. The molecular weight excluding hydrogens is 414 g/mol. The number of carboxylic acid groups (broad SMARTS) is 1. The number of nitrogens with one attached hydrogen (secondary N) is 1. The average molecular weight is 444 g/mol. The fourth-order valence-electron chi connectivity index (χ4n) is 4.26. The van der Waals surface area contributed by atoms with Gasteiger partial charge in [0.2, 0.25) is 5.91 Å². The fraction of sp³-hybridized carbons (Fsp3) is 0.458. The first-order valence-corrected chi connectivity index (χ1v) is 11.4. The van der Waals surface area contributed by atoms with Crippen LogP contribution in [0.4, 0.5) is 5.00 Å². The molecule has 1 aliphatic rings. The number of amides is 1. The Morgan fingerprint density at radius 2 is 1.71 bits per heavy atom. The molecule has 1 aromatic heterocycles. The smallest absolute Gasteiger partial charge is 0.341 e. The first-order chi connectivity index (χ1) is 14.7. The van der Waals surface area contributed by atoms with E-state index in [2.05, 4.69) is 19.2 Å². The van der Waals surface area contributed by atoms with Crippen molar-refractivity contribution in [2.75, 3.05) is 12.4 Å². The van der Waals surface area contributed by atoms with E-state index >= 15 is 0 Å². The Kier molecular flexibility index (Phi) is 7.15. The summed E-state index contributed by atoms with van der Waals surface area (Å²) in [6, 6.07) is 8.03. The molecule has 0 aliphatic heterocycles. The van der Waals surface area contributed by atoms with Crippen LogP contribution < -0.4 is 5.32 Å². The van der Waals surface area contributed by atoms with Crippen LogP contribution >= 0.6 is 11.3 Å². The number of benzene rings is 1. The highest BCUT2D eigenvalue weighted by Gasteiger charge is 2.36. The van der Waals surface area contributed by atoms with E-state index in [0.717, 1.165) is 28.8 Å². The lowest BCUT2D eigenvalue weighted by Crippen LogP contribution is -2.36. The van der Waals surface area contributed by atoms with E-state index in [1.165, 1.54) is 24.0 Å². The van der Waals surface area contributed by atoms with Gasteiger partial charge in [0, 0.05) is 10.4 Å². The van der Waals surface area contributed by atoms with Crippen LogP contribution in [0, 0.1) is 18.8 Å². The molecule has 31 heavy (non-hydrogen) atoms. The van der Waals surface area contributed by atoms with Crippen molar-refractivity contribution in [3.63, 3.8) is 0 Å². The van der Waals surface area contributed by atoms with Gasteiger partial charge in [-0.15, -0.1) is 11.3 Å². The number of rotatable bonds is 6. The summed E-state index contributed by atoms with van der Waals surface area (Å²) < 4.78 is 5.02. The quantitative estimate of drug-likeness (QED) is 0.578. The Hall–Kier alpha value is -2.67. The molecule has 0 radical (unpaired) electrons. The number of aliphatic carboxylic acids is 1. The zero-order chi connectivity index (χ0) is 22.7. The molecule has 2 N–H and O–H groups in total. The molecule has 1 aromatic carbocycles. The molecule has 2 atom stereocenters. The van der Waals surface area contributed by atoms with Crippen LogP contribution in [-0.2, 0) is 14.3 Å². The highest BCUT2D eigenvalue weighted by molar-refractivity contribution is 7.17. The number of methoxy groups -OCH3 is 1. The van der Waals surface area contributed by atoms with Crippen LogP contribution in [0.15, 0.2) is 24.3 Å². The second-order valence-electron chi connectivity index (χ2n) is 8.33. The molecular formula is C24H29NO5S. The number of carboxylic acids is 1. The van der Waals surface area contributed by atoms with E-state index in [0.29, 0.717) is 29.3 Å². The Morgan fingerprint density at radius 3 is 2.26 bits per heavy atom. The molecule has 1 aliphatic carbocycles. The Morgan fingerprint density at radius 1 is 1.10 bits per heavy atom. The Bertz CT molecular complexity index is 977. The van der Waals surface area contributed by atoms with Crippen molar-refractivity contribution in [1.82, 2.24) is 0 Å². The maximum atomic E-state index is 13.0. The predicted octanol–water partition coefficient (Wildman–Crippen LogP) is 5.46. The highest BCUT2D eigenvalue weighted by atomic mass is 32.1. The van der Waals surface area contributed by atoms with Crippen molar-refractivity contribution in [2.45, 2.75) is 52.4 Å². The van der Waals surface area contributed by atoms with Crippen LogP contribution in [0.25, 0.3) is 11.1 Å². The molecule has 0 spiro atoms. The van der Waals surface area contributed by atoms with Gasteiger partial charge in [-0.1, -0.05) is 51.0 Å². The first-order valence-electron chi connectivity index (χ1n) is 10.6. The zero-order valence-corrected chi connectivity index (χ0v) is 19.2. The van der Waals surface area contributed by atoms with Gasteiger partial charge in [0.1, 0.15) is 10.6 Å². The molecule has 1 fully saturated rings. The topological polar surface area (TPSA) is 92.7 Å². The number of aryl methyl sites for hydroxylation is 1. The van der Waals surface area contributed by atoms with E-state index in [-0.39, 0.29) is 5.91 Å². The van der Waals surface area contributed by atoms with E-state index < -0.39 is 23.8 Å². The molecule has 1 heterocycles. The zero-order valence-electron chi connectivity index (χ0n) is 18.4. The summed E-state index contributed by atoms with van der Waals surface area (Å²) in [7, 11) is 1.31. The number of thiophene rings is 1. The molecule has 1 saturated carbocycles. The predicted molar refractivity (Wildman–Crippen MR) is 122 cm³/mol. The van der Waals surface area contributed by atoms with Gasteiger partial charge in [-0.25, -0.2) is 4.79 Å². The van der Waals surface area contributed by atoms with Crippen molar-refractivity contribution >= 4 is 34.2 Å². The molecule has 0 unspecified atom stereocenters. The number of esters is 1. The summed E-state index contributed by atoms with van der Waals surface area (Å²) in [4.78, 5) is 38.2. The van der Waals surface area contributed by atoms with E-state index in [1.807, 2.05) is 31.2 Å². The van der Waals surface area contributed by atoms with Crippen molar-refractivity contribution in [3.8, 4) is 11.1 Å². The van der Waals surface area contributed by atoms with Crippen LogP contribution in [0.2, 0.25) is 0 Å². The second-order valence-corrected chi connectivity index (χ2v) is 9.56.